The molecule has 0 heterocycles. The lowest BCUT2D eigenvalue weighted by Crippen LogP contribution is -1.90. The highest BCUT2D eigenvalue weighted by atomic mass is 79.9. The van der Waals surface area contributed by atoms with Crippen molar-refractivity contribution in [1.82, 2.24) is 0 Å². The van der Waals surface area contributed by atoms with Gasteiger partial charge in [0, 0.05) is 4.47 Å². The molecule has 0 saturated carbocycles. The predicted octanol–water partition coefficient (Wildman–Crippen LogP) is 8.79. The van der Waals surface area contributed by atoms with Crippen LogP contribution in [-0.2, 0) is 0 Å². The molecule has 0 amide bonds. The molecule has 0 fully saturated rings. The van der Waals surface area contributed by atoms with Crippen molar-refractivity contribution in [3.05, 3.63) is 76.8 Å². The maximum absolute atomic E-state index is 3.79. The van der Waals surface area contributed by atoms with Gasteiger partial charge in [0.2, 0.25) is 0 Å². The molecule has 0 bridgehead atoms. The largest absolute Gasteiger partial charge is 0.0871 e. The van der Waals surface area contributed by atoms with E-state index in [-0.39, 0.29) is 0 Å². The monoisotopic (exact) mass is 396 g/mol. The molecule has 3 aromatic rings. The lowest BCUT2D eigenvalue weighted by Gasteiger charge is -2.14. The van der Waals surface area contributed by atoms with Gasteiger partial charge in [-0.25, -0.2) is 0 Å². The summed E-state index contributed by atoms with van der Waals surface area (Å²) in [4.78, 5) is 0. The van der Waals surface area contributed by atoms with Gasteiger partial charge in [0.05, 0.1) is 0 Å². The van der Waals surface area contributed by atoms with Gasteiger partial charge >= 0.3 is 0 Å². The Labute approximate surface area is 161 Å². The Bertz CT molecular complexity index is 813. The fourth-order valence-corrected chi connectivity index (χ4v) is 3.58. The first-order valence-electron chi connectivity index (χ1n) is 9.16. The molecule has 0 atom stereocenters. The Morgan fingerprint density at radius 2 is 1.12 bits per heavy atom. The second kappa shape index (κ2) is 10.9. The minimum Gasteiger partial charge on any atom is -0.0871 e. The summed E-state index contributed by atoms with van der Waals surface area (Å²) in [6.07, 6.45) is 6.46. The van der Waals surface area contributed by atoms with Crippen LogP contribution in [0, 0.1) is 0 Å². The van der Waals surface area contributed by atoms with E-state index in [0.717, 1.165) is 0 Å². The molecule has 25 heavy (non-hydrogen) atoms. The normalized spacial score (nSPS) is 11.1. The van der Waals surface area contributed by atoms with Gasteiger partial charge in [0.15, 0.2) is 0 Å². The third kappa shape index (κ3) is 4.41. The van der Waals surface area contributed by atoms with Gasteiger partial charge in [-0.05, 0) is 62.5 Å². The fraction of sp³-hybridized carbons (Fsp3) is 0.250. The van der Waals surface area contributed by atoms with Gasteiger partial charge in [0.1, 0.15) is 0 Å². The van der Waals surface area contributed by atoms with E-state index in [1.54, 1.807) is 0 Å². The second-order valence-corrected chi connectivity index (χ2v) is 5.82. The first-order chi connectivity index (χ1) is 12.3. The topological polar surface area (TPSA) is 0 Å². The van der Waals surface area contributed by atoms with Crippen LogP contribution in [0.1, 0.15) is 47.1 Å². The van der Waals surface area contributed by atoms with Gasteiger partial charge in [0.25, 0.3) is 0 Å². The third-order valence-electron chi connectivity index (χ3n) is 3.81. The smallest absolute Gasteiger partial charge is 0.0332 e. The minimum atomic E-state index is 1.17. The third-order valence-corrected chi connectivity index (χ3v) is 4.67. The molecule has 0 aliphatic carbocycles. The Hall–Kier alpha value is -1.86. The highest BCUT2D eigenvalue weighted by molar-refractivity contribution is 9.10. The first-order valence-corrected chi connectivity index (χ1v) is 9.95. The fourth-order valence-electron chi connectivity index (χ4n) is 2.89. The highest BCUT2D eigenvalue weighted by Gasteiger charge is 2.13. The number of halogens is 1. The molecule has 0 radical (unpaired) electrons. The van der Waals surface area contributed by atoms with Crippen molar-refractivity contribution < 1.29 is 0 Å². The Morgan fingerprint density at radius 3 is 1.48 bits per heavy atom. The van der Waals surface area contributed by atoms with E-state index in [0.29, 0.717) is 0 Å². The lowest BCUT2D eigenvalue weighted by atomic mass is 9.91. The van der Waals surface area contributed by atoms with E-state index < -0.39 is 0 Å². The van der Waals surface area contributed by atoms with Gasteiger partial charge in [-0.2, -0.15) is 0 Å². The summed E-state index contributed by atoms with van der Waals surface area (Å²) in [6, 6.07) is 17.2. The summed E-state index contributed by atoms with van der Waals surface area (Å²) in [7, 11) is 0. The zero-order valence-electron chi connectivity index (χ0n) is 16.2. The van der Waals surface area contributed by atoms with Gasteiger partial charge in [-0.3, -0.25) is 0 Å². The van der Waals surface area contributed by atoms with Crippen LogP contribution >= 0.6 is 15.9 Å². The van der Waals surface area contributed by atoms with Gasteiger partial charge < -0.3 is 0 Å². The minimum absolute atomic E-state index is 1.17. The van der Waals surface area contributed by atoms with Crippen LogP contribution < -0.4 is 0 Å². The summed E-state index contributed by atoms with van der Waals surface area (Å²) in [6.45, 7) is 12.2. The number of rotatable bonds is 2. The van der Waals surface area contributed by atoms with Crippen LogP contribution in [0.4, 0.5) is 0 Å². The molecule has 3 aromatic carbocycles. The quantitative estimate of drug-likeness (QED) is 0.299. The van der Waals surface area contributed by atoms with E-state index in [1.165, 1.54) is 37.2 Å². The first kappa shape index (κ1) is 21.2. The molecule has 132 valence electrons. The Morgan fingerprint density at radius 1 is 0.720 bits per heavy atom. The average Bonchev–Trinajstić information content (AvgIpc) is 2.70. The molecule has 0 aliphatic rings. The number of allylic oxidation sites excluding steroid dienone is 4. The van der Waals surface area contributed by atoms with Crippen LogP contribution in [-0.4, -0.2) is 0 Å². The van der Waals surface area contributed by atoms with Crippen LogP contribution in [0.2, 0.25) is 0 Å². The summed E-state index contributed by atoms with van der Waals surface area (Å²) in [5, 5.41) is 5.09. The molecule has 0 nitrogen and oxygen atoms in total. The van der Waals surface area contributed by atoms with Crippen LogP contribution in [0.3, 0.4) is 0 Å². The molecule has 3 rings (SSSR count). The number of fused-ring (bicyclic) bond motifs is 2. The molecule has 0 aromatic heterocycles. The average molecular weight is 397 g/mol. The summed E-state index contributed by atoms with van der Waals surface area (Å²) < 4.78 is 1.17. The summed E-state index contributed by atoms with van der Waals surface area (Å²) >= 11 is 3.79. The van der Waals surface area contributed by atoms with Crippen LogP contribution in [0.5, 0.6) is 0 Å². The van der Waals surface area contributed by atoms with Gasteiger partial charge in [-0.15, -0.1) is 0 Å². The molecule has 0 spiro atoms. The maximum atomic E-state index is 3.79. The molecule has 0 aliphatic heterocycles. The van der Waals surface area contributed by atoms with Crippen LogP contribution in [0.15, 0.2) is 71.2 Å². The zero-order chi connectivity index (χ0) is 18.8. The van der Waals surface area contributed by atoms with Crippen molar-refractivity contribution in [3.63, 3.8) is 0 Å². The van der Waals surface area contributed by atoms with E-state index in [9.17, 15) is 0 Å². The maximum Gasteiger partial charge on any atom is 0.0332 e. The molecule has 0 saturated heterocycles. The lowest BCUT2D eigenvalue weighted by molar-refractivity contribution is 1.50. The van der Waals surface area contributed by atoms with E-state index in [4.69, 9.17) is 0 Å². The number of hydrogen-bond acceptors (Lipinski definition) is 0. The van der Waals surface area contributed by atoms with Crippen molar-refractivity contribution in [1.29, 1.82) is 0 Å². The van der Waals surface area contributed by atoms with Crippen molar-refractivity contribution >= 4 is 43.0 Å². The Balaban J connectivity index is 0.000000730. The molecule has 0 N–H and O–H groups in total. The number of benzene rings is 3. The standard InChI is InChI=1S/C20H17Br.2C2H6/c1-3-9-14(4-2)19-15-10-5-7-12-17(15)20(21)18-13-8-6-11-16(18)19;2*1-2/h3-13H,1-2H3;2*1-2H3/b9-3-,14-4+;;. The van der Waals surface area contributed by atoms with Crippen molar-refractivity contribution in [2.75, 3.05) is 0 Å². The molecular weight excluding hydrogens is 368 g/mol. The van der Waals surface area contributed by atoms with Crippen molar-refractivity contribution in [2.45, 2.75) is 41.5 Å². The van der Waals surface area contributed by atoms with Gasteiger partial charge in [-0.1, -0.05) is 94.5 Å². The molecule has 0 unspecified atom stereocenters. The van der Waals surface area contributed by atoms with E-state index in [1.807, 2.05) is 27.7 Å². The predicted molar refractivity (Wildman–Crippen MR) is 120 cm³/mol. The van der Waals surface area contributed by atoms with Crippen LogP contribution in [0.25, 0.3) is 27.1 Å². The highest BCUT2D eigenvalue weighted by Crippen LogP contribution is 2.39. The summed E-state index contributed by atoms with van der Waals surface area (Å²) in [5.41, 5.74) is 2.57. The van der Waals surface area contributed by atoms with Crippen molar-refractivity contribution in [2.24, 2.45) is 0 Å². The zero-order valence-corrected chi connectivity index (χ0v) is 17.8. The molecule has 1 heteroatoms. The number of hydrogen-bond donors (Lipinski definition) is 0. The van der Waals surface area contributed by atoms with Crippen molar-refractivity contribution in [3.8, 4) is 0 Å². The Kier molecular flexibility index (Phi) is 9.23. The SMILES string of the molecule is C/C=C\C(=C/C)c1c2ccccc2c(Br)c2ccccc12.CC.CC. The van der Waals surface area contributed by atoms with E-state index >= 15 is 0 Å². The second-order valence-electron chi connectivity index (χ2n) is 5.02. The summed E-state index contributed by atoms with van der Waals surface area (Å²) in [5.74, 6) is 0. The van der Waals surface area contributed by atoms with E-state index in [2.05, 4.69) is 96.5 Å². The molecular formula is C24H29Br.